The lowest BCUT2D eigenvalue weighted by atomic mass is 10.2. The van der Waals surface area contributed by atoms with Crippen LogP contribution in [0.4, 0.5) is 10.5 Å². The van der Waals surface area contributed by atoms with Crippen LogP contribution in [0.3, 0.4) is 0 Å². The zero-order valence-corrected chi connectivity index (χ0v) is 11.4. The van der Waals surface area contributed by atoms with Gasteiger partial charge in [0.1, 0.15) is 0 Å². The Hall–Kier alpha value is -1.59. The Morgan fingerprint density at radius 3 is 2.68 bits per heavy atom. The molecule has 2 rings (SSSR count). The number of nitrogens with one attached hydrogen (secondary N) is 1. The predicted molar refractivity (Wildman–Crippen MR) is 77.3 cm³/mol. The number of piperazine rings is 1. The molecule has 5 nitrogen and oxygen atoms in total. The minimum atomic E-state index is -0.0157. The summed E-state index contributed by atoms with van der Waals surface area (Å²) >= 11 is 0. The zero-order valence-electron chi connectivity index (χ0n) is 11.4. The van der Waals surface area contributed by atoms with Gasteiger partial charge in [0.15, 0.2) is 0 Å². The summed E-state index contributed by atoms with van der Waals surface area (Å²) < 4.78 is 0. The highest BCUT2D eigenvalue weighted by Crippen LogP contribution is 2.11. The Kier molecular flexibility index (Phi) is 4.76. The van der Waals surface area contributed by atoms with Gasteiger partial charge in [-0.3, -0.25) is 4.90 Å². The molecule has 104 valence electrons. The van der Waals surface area contributed by atoms with E-state index in [-0.39, 0.29) is 6.03 Å². The zero-order chi connectivity index (χ0) is 13.7. The Morgan fingerprint density at radius 2 is 2.05 bits per heavy atom. The van der Waals surface area contributed by atoms with Crippen LogP contribution in [-0.2, 0) is 0 Å². The second-order valence-electron chi connectivity index (χ2n) is 4.92. The quantitative estimate of drug-likeness (QED) is 0.857. The maximum absolute atomic E-state index is 12.1. The molecule has 1 aromatic carbocycles. The smallest absolute Gasteiger partial charge is 0.321 e. The number of anilines is 1. The Bertz CT molecular complexity index is 427. The van der Waals surface area contributed by atoms with E-state index < -0.39 is 0 Å². The molecule has 0 radical (unpaired) electrons. The number of aryl methyl sites for hydroxylation is 1. The van der Waals surface area contributed by atoms with Crippen LogP contribution >= 0.6 is 0 Å². The number of carbonyl (C=O) groups excluding carboxylic acids is 1. The standard InChI is InChI=1S/C14H22N4O/c1-12-3-2-4-13(11-12)16-14(19)18-9-7-17(6-5-15)8-10-18/h2-4,11H,5-10,15H2,1H3,(H,16,19). The molecule has 0 bridgehead atoms. The van der Waals surface area contributed by atoms with Gasteiger partial charge >= 0.3 is 6.03 Å². The van der Waals surface area contributed by atoms with Gasteiger partial charge in [-0.15, -0.1) is 0 Å². The molecule has 0 aromatic heterocycles. The summed E-state index contributed by atoms with van der Waals surface area (Å²) in [5.74, 6) is 0. The summed E-state index contributed by atoms with van der Waals surface area (Å²) in [6.07, 6.45) is 0. The summed E-state index contributed by atoms with van der Waals surface area (Å²) in [7, 11) is 0. The number of benzene rings is 1. The second kappa shape index (κ2) is 6.54. The third-order valence-electron chi connectivity index (χ3n) is 3.37. The largest absolute Gasteiger partial charge is 0.329 e. The van der Waals surface area contributed by atoms with Crippen LogP contribution in [0.1, 0.15) is 5.56 Å². The SMILES string of the molecule is Cc1cccc(NC(=O)N2CCN(CCN)CC2)c1. The lowest BCUT2D eigenvalue weighted by Gasteiger charge is -2.34. The van der Waals surface area contributed by atoms with E-state index in [1.807, 2.05) is 36.1 Å². The molecule has 0 aliphatic carbocycles. The normalized spacial score (nSPS) is 16.4. The van der Waals surface area contributed by atoms with Gasteiger partial charge in [0.25, 0.3) is 0 Å². The molecule has 19 heavy (non-hydrogen) atoms. The molecule has 1 aliphatic heterocycles. The van der Waals surface area contributed by atoms with Crippen LogP contribution in [0.2, 0.25) is 0 Å². The lowest BCUT2D eigenvalue weighted by molar-refractivity contribution is 0.149. The molecule has 2 amide bonds. The van der Waals surface area contributed by atoms with Gasteiger partial charge in [-0.05, 0) is 24.6 Å². The first kappa shape index (κ1) is 13.8. The van der Waals surface area contributed by atoms with Gasteiger partial charge in [-0.25, -0.2) is 4.79 Å². The van der Waals surface area contributed by atoms with Crippen molar-refractivity contribution in [1.29, 1.82) is 0 Å². The van der Waals surface area contributed by atoms with Crippen LogP contribution in [0.25, 0.3) is 0 Å². The van der Waals surface area contributed by atoms with Crippen molar-refractivity contribution in [1.82, 2.24) is 9.80 Å². The molecule has 5 heteroatoms. The van der Waals surface area contributed by atoms with Gasteiger partial charge in [0.05, 0.1) is 0 Å². The van der Waals surface area contributed by atoms with Crippen molar-refractivity contribution in [2.75, 3.05) is 44.6 Å². The van der Waals surface area contributed by atoms with Crippen molar-refractivity contribution in [3.63, 3.8) is 0 Å². The highest BCUT2D eigenvalue weighted by molar-refractivity contribution is 5.89. The number of amides is 2. The van der Waals surface area contributed by atoms with Crippen molar-refractivity contribution >= 4 is 11.7 Å². The van der Waals surface area contributed by atoms with Gasteiger partial charge in [-0.1, -0.05) is 12.1 Å². The Morgan fingerprint density at radius 1 is 1.32 bits per heavy atom. The fraction of sp³-hybridized carbons (Fsp3) is 0.500. The summed E-state index contributed by atoms with van der Waals surface area (Å²) in [5.41, 5.74) is 7.54. The number of urea groups is 1. The van der Waals surface area contributed by atoms with Crippen molar-refractivity contribution in [3.05, 3.63) is 29.8 Å². The molecular formula is C14H22N4O. The third-order valence-corrected chi connectivity index (χ3v) is 3.37. The van der Waals surface area contributed by atoms with Crippen LogP contribution in [0, 0.1) is 6.92 Å². The Labute approximate surface area is 114 Å². The van der Waals surface area contributed by atoms with E-state index in [4.69, 9.17) is 5.73 Å². The van der Waals surface area contributed by atoms with E-state index in [1.165, 1.54) is 0 Å². The minimum absolute atomic E-state index is 0.0157. The number of carbonyl (C=O) groups is 1. The van der Waals surface area contributed by atoms with Crippen molar-refractivity contribution in [2.45, 2.75) is 6.92 Å². The first-order chi connectivity index (χ1) is 9.19. The van der Waals surface area contributed by atoms with E-state index in [2.05, 4.69) is 10.2 Å². The van der Waals surface area contributed by atoms with E-state index in [0.29, 0.717) is 6.54 Å². The number of nitrogens with two attached hydrogens (primary N) is 1. The molecule has 0 atom stereocenters. The number of hydrogen-bond donors (Lipinski definition) is 2. The average molecular weight is 262 g/mol. The van der Waals surface area contributed by atoms with Crippen molar-refractivity contribution in [3.8, 4) is 0 Å². The number of nitrogens with zero attached hydrogens (tertiary/aromatic N) is 2. The maximum Gasteiger partial charge on any atom is 0.321 e. The lowest BCUT2D eigenvalue weighted by Crippen LogP contribution is -2.50. The first-order valence-electron chi connectivity index (χ1n) is 6.74. The summed E-state index contributed by atoms with van der Waals surface area (Å²) in [6, 6.07) is 7.83. The van der Waals surface area contributed by atoms with Crippen LogP contribution in [-0.4, -0.2) is 55.1 Å². The first-order valence-corrected chi connectivity index (χ1v) is 6.74. The molecule has 1 fully saturated rings. The van der Waals surface area contributed by atoms with Crippen molar-refractivity contribution in [2.24, 2.45) is 5.73 Å². The fourth-order valence-electron chi connectivity index (χ4n) is 2.28. The summed E-state index contributed by atoms with van der Waals surface area (Å²) in [4.78, 5) is 16.3. The van der Waals surface area contributed by atoms with E-state index in [9.17, 15) is 4.79 Å². The molecule has 0 unspecified atom stereocenters. The van der Waals surface area contributed by atoms with Gasteiger partial charge in [-0.2, -0.15) is 0 Å². The minimum Gasteiger partial charge on any atom is -0.329 e. The number of hydrogen-bond acceptors (Lipinski definition) is 3. The van der Waals surface area contributed by atoms with Gasteiger partial charge in [0.2, 0.25) is 0 Å². The molecule has 0 spiro atoms. The highest BCUT2D eigenvalue weighted by Gasteiger charge is 2.20. The summed E-state index contributed by atoms with van der Waals surface area (Å²) in [5, 5.41) is 2.94. The van der Waals surface area contributed by atoms with E-state index >= 15 is 0 Å². The molecule has 1 aromatic rings. The van der Waals surface area contributed by atoms with Crippen LogP contribution in [0.5, 0.6) is 0 Å². The maximum atomic E-state index is 12.1. The monoisotopic (exact) mass is 262 g/mol. The molecular weight excluding hydrogens is 240 g/mol. The Balaban J connectivity index is 1.84. The highest BCUT2D eigenvalue weighted by atomic mass is 16.2. The molecule has 1 saturated heterocycles. The number of rotatable bonds is 3. The molecule has 1 aliphatic rings. The van der Waals surface area contributed by atoms with Crippen LogP contribution in [0.15, 0.2) is 24.3 Å². The van der Waals surface area contributed by atoms with Gasteiger partial charge in [0, 0.05) is 45.0 Å². The van der Waals surface area contributed by atoms with Crippen molar-refractivity contribution < 1.29 is 4.79 Å². The molecule has 1 heterocycles. The van der Waals surface area contributed by atoms with Crippen LogP contribution < -0.4 is 11.1 Å². The topological polar surface area (TPSA) is 61.6 Å². The predicted octanol–water partition coefficient (Wildman–Crippen LogP) is 1.10. The molecule has 0 saturated carbocycles. The third kappa shape index (κ3) is 3.94. The fourth-order valence-corrected chi connectivity index (χ4v) is 2.28. The average Bonchev–Trinajstić information content (AvgIpc) is 2.40. The van der Waals surface area contributed by atoms with Gasteiger partial charge < -0.3 is 16.0 Å². The van der Waals surface area contributed by atoms with E-state index in [0.717, 1.165) is 44.0 Å². The van der Waals surface area contributed by atoms with E-state index in [1.54, 1.807) is 0 Å². The molecule has 3 N–H and O–H groups in total. The summed E-state index contributed by atoms with van der Waals surface area (Å²) in [6.45, 7) is 6.93. The second-order valence-corrected chi connectivity index (χ2v) is 4.92.